The molecule has 1 aromatic carbocycles. The molecule has 0 radical (unpaired) electrons. The molecule has 1 aliphatic heterocycles. The van der Waals surface area contributed by atoms with Gasteiger partial charge in [0.15, 0.2) is 0 Å². The molecule has 7 nitrogen and oxygen atoms in total. The third-order valence-electron chi connectivity index (χ3n) is 4.07. The van der Waals surface area contributed by atoms with Gasteiger partial charge < -0.3 is 25.3 Å². The number of oxime groups is 1. The number of nitrogens with one attached hydrogen (secondary N) is 2. The van der Waals surface area contributed by atoms with E-state index in [0.29, 0.717) is 48.0 Å². The molecule has 0 amide bonds. The van der Waals surface area contributed by atoms with Crippen LogP contribution in [0.25, 0.3) is 0 Å². The number of nitrogens with zero attached hydrogens (tertiary/aromatic N) is 2. The quantitative estimate of drug-likeness (QED) is 0.584. The molecule has 1 unspecified atom stereocenters. The van der Waals surface area contributed by atoms with Crippen molar-refractivity contribution >= 4 is 23.1 Å². The molecule has 1 atom stereocenters. The molecule has 28 heavy (non-hydrogen) atoms. The number of benzene rings is 1. The summed E-state index contributed by atoms with van der Waals surface area (Å²) in [6, 6.07) is 11.1. The minimum Gasteiger partial charge on any atom is -0.439 e. The Morgan fingerprint density at radius 2 is 2.04 bits per heavy atom. The van der Waals surface area contributed by atoms with Gasteiger partial charge in [-0.2, -0.15) is 4.98 Å². The molecule has 0 saturated heterocycles. The second kappa shape index (κ2) is 9.73. The van der Waals surface area contributed by atoms with E-state index in [0.717, 1.165) is 11.3 Å². The van der Waals surface area contributed by atoms with Gasteiger partial charge in [-0.25, -0.2) is 0 Å². The Bertz CT molecular complexity index is 812. The number of pyridine rings is 1. The summed E-state index contributed by atoms with van der Waals surface area (Å²) in [5.41, 5.74) is 1.66. The first-order chi connectivity index (χ1) is 13.5. The van der Waals surface area contributed by atoms with Crippen molar-refractivity contribution in [2.45, 2.75) is 32.4 Å². The van der Waals surface area contributed by atoms with E-state index < -0.39 is 6.10 Å². The highest BCUT2D eigenvalue weighted by atomic mass is 35.5. The first-order valence-corrected chi connectivity index (χ1v) is 9.68. The van der Waals surface area contributed by atoms with Crippen molar-refractivity contribution in [1.82, 2.24) is 10.3 Å². The standard InChI is InChI=1S/C20H25ClN4O3/c1-13(2)23-11-15(26)12-27-25-18-9-10-22-20-17(18)7-8-19(24-20)28-16-5-3-14(21)4-6-16/h3-8,13,15,23,26H,9-12H2,1-2H3,(H,22,24)/b25-18+. The number of hydrogen-bond acceptors (Lipinski definition) is 7. The average molecular weight is 405 g/mol. The molecule has 0 fully saturated rings. The molecule has 1 aliphatic rings. The molecule has 150 valence electrons. The predicted molar refractivity (Wildman–Crippen MR) is 111 cm³/mol. The summed E-state index contributed by atoms with van der Waals surface area (Å²) >= 11 is 5.89. The monoisotopic (exact) mass is 404 g/mol. The molecule has 0 aliphatic carbocycles. The second-order valence-electron chi connectivity index (χ2n) is 6.83. The van der Waals surface area contributed by atoms with Gasteiger partial charge in [0.1, 0.15) is 24.3 Å². The molecule has 1 aromatic heterocycles. The van der Waals surface area contributed by atoms with E-state index in [4.69, 9.17) is 21.2 Å². The van der Waals surface area contributed by atoms with Gasteiger partial charge in [-0.05, 0) is 30.3 Å². The summed E-state index contributed by atoms with van der Waals surface area (Å²) in [7, 11) is 0. The highest BCUT2D eigenvalue weighted by Gasteiger charge is 2.18. The van der Waals surface area contributed by atoms with Crippen LogP contribution in [0, 0.1) is 0 Å². The fourth-order valence-electron chi connectivity index (χ4n) is 2.65. The zero-order chi connectivity index (χ0) is 19.9. The van der Waals surface area contributed by atoms with Crippen LogP contribution in [-0.4, -0.2) is 47.6 Å². The molecule has 0 saturated carbocycles. The topological polar surface area (TPSA) is 88.0 Å². The summed E-state index contributed by atoms with van der Waals surface area (Å²) in [6.07, 6.45) is 0.105. The average Bonchev–Trinajstić information content (AvgIpc) is 2.68. The molecule has 3 rings (SSSR count). The molecular weight excluding hydrogens is 380 g/mol. The van der Waals surface area contributed by atoms with Crippen molar-refractivity contribution in [2.75, 3.05) is 25.0 Å². The predicted octanol–water partition coefficient (Wildman–Crippen LogP) is 3.42. The van der Waals surface area contributed by atoms with Crippen LogP contribution >= 0.6 is 11.6 Å². The number of aliphatic hydroxyl groups is 1. The Morgan fingerprint density at radius 3 is 2.79 bits per heavy atom. The van der Waals surface area contributed by atoms with E-state index in [1.165, 1.54) is 0 Å². The maximum absolute atomic E-state index is 9.91. The van der Waals surface area contributed by atoms with Gasteiger partial charge >= 0.3 is 0 Å². The van der Waals surface area contributed by atoms with E-state index in [-0.39, 0.29) is 6.61 Å². The highest BCUT2D eigenvalue weighted by molar-refractivity contribution is 6.30. The lowest BCUT2D eigenvalue weighted by Crippen LogP contribution is -2.34. The first kappa shape index (κ1) is 20.4. The summed E-state index contributed by atoms with van der Waals surface area (Å²) in [5, 5.41) is 21.2. The second-order valence-corrected chi connectivity index (χ2v) is 7.27. The lowest BCUT2D eigenvalue weighted by molar-refractivity contribution is 0.0392. The number of anilines is 1. The number of ether oxygens (including phenoxy) is 1. The third kappa shape index (κ3) is 5.82. The van der Waals surface area contributed by atoms with Crippen LogP contribution in [0.1, 0.15) is 25.8 Å². The molecule has 3 N–H and O–H groups in total. The molecule has 0 bridgehead atoms. The third-order valence-corrected chi connectivity index (χ3v) is 4.33. The van der Waals surface area contributed by atoms with Gasteiger partial charge in [-0.15, -0.1) is 0 Å². The molecule has 2 aromatic rings. The van der Waals surface area contributed by atoms with E-state index in [2.05, 4.69) is 20.8 Å². The lowest BCUT2D eigenvalue weighted by Gasteiger charge is -2.19. The van der Waals surface area contributed by atoms with Crippen LogP contribution in [0.15, 0.2) is 41.6 Å². The number of hydrogen-bond donors (Lipinski definition) is 3. The van der Waals surface area contributed by atoms with Gasteiger partial charge in [-0.1, -0.05) is 30.6 Å². The Labute approximate surface area is 169 Å². The van der Waals surface area contributed by atoms with Gasteiger partial charge in [0.2, 0.25) is 5.88 Å². The highest BCUT2D eigenvalue weighted by Crippen LogP contribution is 2.27. The molecular formula is C20H25ClN4O3. The van der Waals surface area contributed by atoms with Gasteiger partial charge in [0, 0.05) is 42.2 Å². The number of aliphatic hydroxyl groups excluding tert-OH is 1. The Hall–Kier alpha value is -2.35. The SMILES string of the molecule is CC(C)NCC(O)CO/N=C1\CCNc2nc(Oc3ccc(Cl)cc3)ccc21. The van der Waals surface area contributed by atoms with Crippen molar-refractivity contribution in [2.24, 2.45) is 5.16 Å². The van der Waals surface area contributed by atoms with E-state index >= 15 is 0 Å². The van der Waals surface area contributed by atoms with E-state index in [1.807, 2.05) is 19.9 Å². The van der Waals surface area contributed by atoms with Crippen molar-refractivity contribution in [3.8, 4) is 11.6 Å². The smallest absolute Gasteiger partial charge is 0.221 e. The largest absolute Gasteiger partial charge is 0.439 e. The Balaban J connectivity index is 1.62. The van der Waals surface area contributed by atoms with Crippen LogP contribution in [0.4, 0.5) is 5.82 Å². The number of aromatic nitrogens is 1. The fourth-order valence-corrected chi connectivity index (χ4v) is 2.78. The van der Waals surface area contributed by atoms with E-state index in [1.54, 1.807) is 30.3 Å². The first-order valence-electron chi connectivity index (χ1n) is 9.30. The summed E-state index contributed by atoms with van der Waals surface area (Å²) in [4.78, 5) is 9.87. The minimum absolute atomic E-state index is 0.136. The molecule has 2 heterocycles. The van der Waals surface area contributed by atoms with Crippen molar-refractivity contribution < 1.29 is 14.7 Å². The Kier molecular flexibility index (Phi) is 7.08. The molecule has 0 spiro atoms. The van der Waals surface area contributed by atoms with Gasteiger partial charge in [0.05, 0.1) is 5.71 Å². The zero-order valence-corrected chi connectivity index (χ0v) is 16.7. The number of halogens is 1. The van der Waals surface area contributed by atoms with Crippen molar-refractivity contribution in [1.29, 1.82) is 0 Å². The summed E-state index contributed by atoms with van der Waals surface area (Å²) in [6.45, 7) is 5.35. The number of fused-ring (bicyclic) bond motifs is 1. The maximum Gasteiger partial charge on any atom is 0.221 e. The Morgan fingerprint density at radius 1 is 1.25 bits per heavy atom. The van der Waals surface area contributed by atoms with Crippen LogP contribution in [-0.2, 0) is 4.84 Å². The van der Waals surface area contributed by atoms with Gasteiger partial charge in [0.25, 0.3) is 0 Å². The summed E-state index contributed by atoms with van der Waals surface area (Å²) < 4.78 is 5.77. The van der Waals surface area contributed by atoms with Crippen LogP contribution in [0.3, 0.4) is 0 Å². The normalized spacial score (nSPS) is 15.8. The van der Waals surface area contributed by atoms with Crippen LogP contribution in [0.5, 0.6) is 11.6 Å². The molecule has 8 heteroatoms. The lowest BCUT2D eigenvalue weighted by atomic mass is 10.1. The van der Waals surface area contributed by atoms with Crippen LogP contribution < -0.4 is 15.4 Å². The fraction of sp³-hybridized carbons (Fsp3) is 0.400. The minimum atomic E-state index is -0.610. The summed E-state index contributed by atoms with van der Waals surface area (Å²) in [5.74, 6) is 1.84. The number of rotatable bonds is 8. The maximum atomic E-state index is 9.91. The zero-order valence-electron chi connectivity index (χ0n) is 16.0. The van der Waals surface area contributed by atoms with Crippen molar-refractivity contribution in [3.05, 3.63) is 47.0 Å². The van der Waals surface area contributed by atoms with E-state index in [9.17, 15) is 5.11 Å². The van der Waals surface area contributed by atoms with Crippen molar-refractivity contribution in [3.63, 3.8) is 0 Å². The van der Waals surface area contributed by atoms with Crippen LogP contribution in [0.2, 0.25) is 5.02 Å². The van der Waals surface area contributed by atoms with Gasteiger partial charge in [-0.3, -0.25) is 0 Å².